The second-order valence-electron chi connectivity index (χ2n) is 8.39. The minimum absolute atomic E-state index is 1.29. The zero-order valence-corrected chi connectivity index (χ0v) is 17.2. The lowest BCUT2D eigenvalue weighted by Crippen LogP contribution is -1.89. The molecule has 0 amide bonds. The Morgan fingerprint density at radius 1 is 0.400 bits per heavy atom. The molecule has 0 heteroatoms. The van der Waals surface area contributed by atoms with E-state index in [-0.39, 0.29) is 0 Å². The molecule has 6 rings (SSSR count). The van der Waals surface area contributed by atoms with Gasteiger partial charge in [-0.2, -0.15) is 0 Å². The van der Waals surface area contributed by atoms with Crippen LogP contribution in [0.15, 0.2) is 97.1 Å². The van der Waals surface area contributed by atoms with Crippen molar-refractivity contribution in [2.45, 2.75) is 13.8 Å². The van der Waals surface area contributed by atoms with Gasteiger partial charge in [0, 0.05) is 0 Å². The smallest absolute Gasteiger partial charge is 0.00264 e. The number of aryl methyl sites for hydroxylation is 2. The van der Waals surface area contributed by atoms with E-state index in [1.165, 1.54) is 65.3 Å². The van der Waals surface area contributed by atoms with Crippen LogP contribution in [0.4, 0.5) is 0 Å². The zero-order valence-electron chi connectivity index (χ0n) is 17.2. The van der Waals surface area contributed by atoms with Crippen molar-refractivity contribution in [3.8, 4) is 11.1 Å². The maximum Gasteiger partial charge on any atom is -0.00264 e. The number of hydrogen-bond acceptors (Lipinski definition) is 0. The quantitative estimate of drug-likeness (QED) is 0.250. The molecule has 0 unspecified atom stereocenters. The van der Waals surface area contributed by atoms with Gasteiger partial charge in [-0.3, -0.25) is 0 Å². The van der Waals surface area contributed by atoms with Gasteiger partial charge in [0.15, 0.2) is 0 Å². The van der Waals surface area contributed by atoms with E-state index < -0.39 is 0 Å². The predicted octanol–water partition coefficient (Wildman–Crippen LogP) is 8.58. The SMILES string of the molecule is Cc1ccc2c(c1)cc(-c1cc(C)cc3ccc4ccccc4c13)c1ccccc12. The van der Waals surface area contributed by atoms with Crippen molar-refractivity contribution >= 4 is 43.1 Å². The third-order valence-electron chi connectivity index (χ3n) is 6.29. The first-order valence-electron chi connectivity index (χ1n) is 10.5. The molecule has 0 N–H and O–H groups in total. The Kier molecular flexibility index (Phi) is 3.70. The van der Waals surface area contributed by atoms with Crippen molar-refractivity contribution < 1.29 is 0 Å². The van der Waals surface area contributed by atoms with Crippen LogP contribution >= 0.6 is 0 Å². The van der Waals surface area contributed by atoms with Crippen LogP contribution in [0.5, 0.6) is 0 Å². The highest BCUT2D eigenvalue weighted by Gasteiger charge is 2.13. The van der Waals surface area contributed by atoms with Gasteiger partial charge in [-0.25, -0.2) is 0 Å². The second kappa shape index (κ2) is 6.43. The Bertz CT molecular complexity index is 1600. The van der Waals surface area contributed by atoms with Crippen molar-refractivity contribution in [2.75, 3.05) is 0 Å². The summed E-state index contributed by atoms with van der Waals surface area (Å²) in [6.45, 7) is 4.37. The lowest BCUT2D eigenvalue weighted by molar-refractivity contribution is 1.50. The molecule has 0 spiro atoms. The van der Waals surface area contributed by atoms with Gasteiger partial charge >= 0.3 is 0 Å². The fraction of sp³-hybridized carbons (Fsp3) is 0.0667. The Balaban J connectivity index is 1.85. The highest BCUT2D eigenvalue weighted by atomic mass is 14.2. The molecule has 142 valence electrons. The normalized spacial score (nSPS) is 11.7. The summed E-state index contributed by atoms with van der Waals surface area (Å²) in [6.07, 6.45) is 0. The van der Waals surface area contributed by atoms with E-state index in [2.05, 4.69) is 111 Å². The molecule has 0 atom stereocenters. The summed E-state index contributed by atoms with van der Waals surface area (Å²) in [4.78, 5) is 0. The standard InChI is InChI=1S/C30H22/c1-19-11-14-24-23(15-19)18-28(27-10-6-5-9-26(24)27)29-17-20(2)16-22-13-12-21-7-3-4-8-25(21)30(22)29/h3-18H,1-2H3. The summed E-state index contributed by atoms with van der Waals surface area (Å²) in [7, 11) is 0. The van der Waals surface area contributed by atoms with Crippen LogP contribution in [-0.4, -0.2) is 0 Å². The highest BCUT2D eigenvalue weighted by molar-refractivity contribution is 6.20. The third kappa shape index (κ3) is 2.54. The van der Waals surface area contributed by atoms with Crippen molar-refractivity contribution in [1.29, 1.82) is 0 Å². The summed E-state index contributed by atoms with van der Waals surface area (Å²) in [5.74, 6) is 0. The van der Waals surface area contributed by atoms with E-state index in [4.69, 9.17) is 0 Å². The molecule has 6 aromatic carbocycles. The molecular formula is C30H22. The second-order valence-corrected chi connectivity index (χ2v) is 8.39. The Hall–Kier alpha value is -3.64. The minimum atomic E-state index is 1.29. The molecule has 6 aromatic rings. The lowest BCUT2D eigenvalue weighted by atomic mass is 9.88. The maximum atomic E-state index is 2.39. The fourth-order valence-corrected chi connectivity index (χ4v) is 4.96. The van der Waals surface area contributed by atoms with E-state index in [1.807, 2.05) is 0 Å². The molecule has 0 heterocycles. The maximum absolute atomic E-state index is 2.39. The average Bonchev–Trinajstić information content (AvgIpc) is 2.77. The Morgan fingerprint density at radius 2 is 1.10 bits per heavy atom. The van der Waals surface area contributed by atoms with Gasteiger partial charge < -0.3 is 0 Å². The highest BCUT2D eigenvalue weighted by Crippen LogP contribution is 2.41. The first-order valence-corrected chi connectivity index (χ1v) is 10.5. The van der Waals surface area contributed by atoms with Crippen LogP contribution in [0.1, 0.15) is 11.1 Å². The van der Waals surface area contributed by atoms with Gasteiger partial charge in [0.2, 0.25) is 0 Å². The van der Waals surface area contributed by atoms with E-state index in [0.29, 0.717) is 0 Å². The summed E-state index contributed by atoms with van der Waals surface area (Å²) >= 11 is 0. The molecule has 0 aliphatic heterocycles. The molecule has 0 fully saturated rings. The van der Waals surface area contributed by atoms with Gasteiger partial charge in [-0.05, 0) is 79.7 Å². The van der Waals surface area contributed by atoms with E-state index in [0.717, 1.165) is 0 Å². The molecular weight excluding hydrogens is 360 g/mol. The number of benzene rings is 6. The molecule has 0 aliphatic carbocycles. The molecule has 0 saturated heterocycles. The van der Waals surface area contributed by atoms with Crippen LogP contribution in [-0.2, 0) is 0 Å². The molecule has 0 aromatic heterocycles. The van der Waals surface area contributed by atoms with Crippen LogP contribution in [0.3, 0.4) is 0 Å². The zero-order chi connectivity index (χ0) is 20.2. The van der Waals surface area contributed by atoms with Crippen molar-refractivity contribution in [3.05, 3.63) is 108 Å². The monoisotopic (exact) mass is 382 g/mol. The predicted molar refractivity (Wildman–Crippen MR) is 131 cm³/mol. The van der Waals surface area contributed by atoms with Gasteiger partial charge in [-0.1, -0.05) is 96.6 Å². The van der Waals surface area contributed by atoms with Crippen LogP contribution in [0.2, 0.25) is 0 Å². The first kappa shape index (κ1) is 17.2. The van der Waals surface area contributed by atoms with Crippen molar-refractivity contribution in [2.24, 2.45) is 0 Å². The van der Waals surface area contributed by atoms with Crippen molar-refractivity contribution in [1.82, 2.24) is 0 Å². The molecule has 0 radical (unpaired) electrons. The topological polar surface area (TPSA) is 0 Å². The molecule has 30 heavy (non-hydrogen) atoms. The largest absolute Gasteiger partial charge is 0.0616 e. The van der Waals surface area contributed by atoms with Gasteiger partial charge in [-0.15, -0.1) is 0 Å². The summed E-state index contributed by atoms with van der Waals surface area (Å²) in [5, 5.41) is 10.5. The number of fused-ring (bicyclic) bond motifs is 6. The Labute approximate surface area is 176 Å². The molecule has 0 bridgehead atoms. The van der Waals surface area contributed by atoms with Gasteiger partial charge in [0.25, 0.3) is 0 Å². The fourth-order valence-electron chi connectivity index (χ4n) is 4.96. The number of hydrogen-bond donors (Lipinski definition) is 0. The number of rotatable bonds is 1. The van der Waals surface area contributed by atoms with E-state index in [1.54, 1.807) is 0 Å². The summed E-state index contributed by atoms with van der Waals surface area (Å²) in [6, 6.07) is 35.9. The summed E-state index contributed by atoms with van der Waals surface area (Å²) in [5.41, 5.74) is 5.22. The van der Waals surface area contributed by atoms with Gasteiger partial charge in [0.1, 0.15) is 0 Å². The van der Waals surface area contributed by atoms with Crippen LogP contribution < -0.4 is 0 Å². The van der Waals surface area contributed by atoms with Gasteiger partial charge in [0.05, 0.1) is 0 Å². The van der Waals surface area contributed by atoms with E-state index in [9.17, 15) is 0 Å². The molecule has 0 saturated carbocycles. The van der Waals surface area contributed by atoms with Crippen LogP contribution in [0.25, 0.3) is 54.2 Å². The first-order chi connectivity index (χ1) is 14.7. The average molecular weight is 383 g/mol. The molecule has 0 aliphatic rings. The van der Waals surface area contributed by atoms with Crippen molar-refractivity contribution in [3.63, 3.8) is 0 Å². The van der Waals surface area contributed by atoms with E-state index >= 15 is 0 Å². The third-order valence-corrected chi connectivity index (χ3v) is 6.29. The molecule has 0 nitrogen and oxygen atoms in total. The minimum Gasteiger partial charge on any atom is -0.0616 e. The Morgan fingerprint density at radius 3 is 1.97 bits per heavy atom. The van der Waals surface area contributed by atoms with Crippen LogP contribution in [0, 0.1) is 13.8 Å². The summed E-state index contributed by atoms with van der Waals surface area (Å²) < 4.78 is 0. The lowest BCUT2D eigenvalue weighted by Gasteiger charge is -2.16.